The second-order valence-corrected chi connectivity index (χ2v) is 21.9. The molecule has 16 nitrogen and oxygen atoms in total. The predicted molar refractivity (Wildman–Crippen MR) is 242 cm³/mol. The summed E-state index contributed by atoms with van der Waals surface area (Å²) < 4.78 is 46.0. The highest BCUT2D eigenvalue weighted by molar-refractivity contribution is 7.91. The van der Waals surface area contributed by atoms with Crippen LogP contribution in [0.4, 0.5) is 4.79 Å². The van der Waals surface area contributed by atoms with Crippen molar-refractivity contribution in [2.75, 3.05) is 13.7 Å². The smallest absolute Gasteiger partial charge is 0.315 e. The summed E-state index contributed by atoms with van der Waals surface area (Å²) in [6, 6.07) is 8.29. The molecule has 7 atom stereocenters. The monoisotopic (exact) mass is 901 g/mol. The normalized spacial score (nSPS) is 27.5. The standard InChI is InChI=1S/C47H63N7O9S/c1-27(2)62-38-17-14-30(25-48-38)36-22-31-21-33(61-9)15-16-35(31)41(49-36)63-34-23-37-40(55)51-47(43(57)53-64(59,60)46(8)18-19-46)24-32(47)13-11-10-12-28(3)20-29(4)39(42(56)54(37)26-34)50-44(58)52-45(5,6)7/h11,13-17,21-22,25,27-29,32,34,37,39H,10,12,18-20,23-24,26H2,1-9H3,(H,51,55)(H,53,57)(H2,50,52,58)/b13-11-/t28-,29+,32+,34+,37-,39-,47+/m0/s1. The van der Waals surface area contributed by atoms with Gasteiger partial charge in [-0.25, -0.2) is 23.2 Å². The van der Waals surface area contributed by atoms with E-state index < -0.39 is 73.7 Å². The molecule has 2 aromatic heterocycles. The maximum Gasteiger partial charge on any atom is 0.315 e. The third-order valence-corrected chi connectivity index (χ3v) is 14.9. The summed E-state index contributed by atoms with van der Waals surface area (Å²) in [6.07, 6.45) is 7.75. The lowest BCUT2D eigenvalue weighted by molar-refractivity contribution is -0.142. The zero-order valence-corrected chi connectivity index (χ0v) is 39.1. The van der Waals surface area contributed by atoms with E-state index in [1.54, 1.807) is 32.4 Å². The fourth-order valence-corrected chi connectivity index (χ4v) is 10.00. The summed E-state index contributed by atoms with van der Waals surface area (Å²) in [6.45, 7) is 14.9. The third kappa shape index (κ3) is 10.2. The number of hydrogen-bond acceptors (Lipinski definition) is 11. The Labute approximate surface area is 376 Å². The first kappa shape index (κ1) is 46.5. The number of rotatable bonds is 10. The average molecular weight is 902 g/mol. The van der Waals surface area contributed by atoms with Crippen LogP contribution in [-0.4, -0.2) is 101 Å². The minimum atomic E-state index is -4.03. The van der Waals surface area contributed by atoms with E-state index in [9.17, 15) is 22.8 Å². The average Bonchev–Trinajstić information content (AvgIpc) is 4.10. The molecular formula is C47H63N7O9S. The summed E-state index contributed by atoms with van der Waals surface area (Å²) >= 11 is 0. The number of ether oxygens (including phenoxy) is 3. The lowest BCUT2D eigenvalue weighted by atomic mass is 9.88. The molecule has 4 N–H and O–H groups in total. The first-order chi connectivity index (χ1) is 30.1. The Kier molecular flexibility index (Phi) is 13.0. The quantitative estimate of drug-likeness (QED) is 0.179. The van der Waals surface area contributed by atoms with Crippen molar-refractivity contribution in [3.05, 3.63) is 54.7 Å². The molecule has 17 heteroatoms. The minimum Gasteiger partial charge on any atom is -0.497 e. The molecule has 4 aliphatic rings. The molecule has 2 aliphatic carbocycles. The van der Waals surface area contributed by atoms with Gasteiger partial charge in [-0.1, -0.05) is 26.0 Å². The molecule has 3 fully saturated rings. The number of urea groups is 1. The number of pyridine rings is 2. The highest BCUT2D eigenvalue weighted by Gasteiger charge is 2.63. The molecule has 1 aromatic carbocycles. The van der Waals surface area contributed by atoms with Crippen molar-refractivity contribution < 1.29 is 41.8 Å². The van der Waals surface area contributed by atoms with Crippen LogP contribution < -0.4 is 34.9 Å². The van der Waals surface area contributed by atoms with Gasteiger partial charge >= 0.3 is 6.03 Å². The number of nitrogens with zero attached hydrogens (tertiary/aromatic N) is 3. The van der Waals surface area contributed by atoms with E-state index in [4.69, 9.17) is 19.2 Å². The Balaban J connectivity index is 1.26. The molecule has 64 heavy (non-hydrogen) atoms. The van der Waals surface area contributed by atoms with Crippen molar-refractivity contribution in [2.45, 2.75) is 140 Å². The van der Waals surface area contributed by atoms with Crippen LogP contribution in [0.1, 0.15) is 100 Å². The van der Waals surface area contributed by atoms with Gasteiger partial charge in [-0.3, -0.25) is 19.1 Å². The molecular weight excluding hydrogens is 839 g/mol. The van der Waals surface area contributed by atoms with Crippen LogP contribution >= 0.6 is 0 Å². The van der Waals surface area contributed by atoms with E-state index in [0.29, 0.717) is 54.0 Å². The summed E-state index contributed by atoms with van der Waals surface area (Å²) in [5.41, 5.74) is -0.912. The van der Waals surface area contributed by atoms with Gasteiger partial charge in [0.2, 0.25) is 33.6 Å². The van der Waals surface area contributed by atoms with Crippen molar-refractivity contribution >= 4 is 44.5 Å². The van der Waals surface area contributed by atoms with E-state index in [0.717, 1.165) is 11.8 Å². The number of carbonyl (C=O) groups is 4. The minimum absolute atomic E-state index is 0.00416. The van der Waals surface area contributed by atoms with Crippen LogP contribution in [-0.2, 0) is 24.4 Å². The number of sulfonamides is 1. The Hall–Kier alpha value is -5.45. The maximum absolute atomic E-state index is 15.1. The predicted octanol–water partition coefficient (Wildman–Crippen LogP) is 5.79. The Morgan fingerprint density at radius 2 is 1.80 bits per heavy atom. The SMILES string of the molecule is COc1ccc2c(O[C@@H]3C[C@H]4C(=O)N[C@]5(C(=O)NS(=O)(=O)C6(C)CC6)C[C@H]5/C=C\CC[C@H](C)C[C@@H](C)[C@H](NC(=O)NC(C)(C)C)C(=O)N4C3)nc(-c3ccc(OC(C)C)nc3)cc2c1. The van der Waals surface area contributed by atoms with Crippen molar-refractivity contribution in [1.29, 1.82) is 0 Å². The van der Waals surface area contributed by atoms with Crippen molar-refractivity contribution in [3.63, 3.8) is 0 Å². The Morgan fingerprint density at radius 3 is 2.45 bits per heavy atom. The van der Waals surface area contributed by atoms with Gasteiger partial charge in [0.05, 0.1) is 30.2 Å². The van der Waals surface area contributed by atoms with Gasteiger partial charge in [0.15, 0.2) is 0 Å². The topological polar surface area (TPSA) is 207 Å². The van der Waals surface area contributed by atoms with Crippen molar-refractivity contribution in [2.24, 2.45) is 17.8 Å². The Bertz CT molecular complexity index is 2410. The number of nitrogens with one attached hydrogen (secondary N) is 4. The fraction of sp³-hybridized carbons (Fsp3) is 0.574. The molecule has 0 spiro atoms. The number of benzene rings is 1. The molecule has 0 radical (unpaired) electrons. The molecule has 3 aromatic rings. The van der Waals surface area contributed by atoms with E-state index in [-0.39, 0.29) is 43.2 Å². The summed E-state index contributed by atoms with van der Waals surface area (Å²) in [5, 5.41) is 10.2. The molecule has 2 saturated carbocycles. The van der Waals surface area contributed by atoms with E-state index in [1.165, 1.54) is 4.90 Å². The molecule has 2 aliphatic heterocycles. The first-order valence-electron chi connectivity index (χ1n) is 22.3. The molecule has 7 rings (SSSR count). The lowest BCUT2D eigenvalue weighted by Gasteiger charge is -2.33. The van der Waals surface area contributed by atoms with Gasteiger partial charge in [0.1, 0.15) is 29.5 Å². The zero-order valence-electron chi connectivity index (χ0n) is 38.3. The van der Waals surface area contributed by atoms with Crippen LogP contribution in [0.2, 0.25) is 0 Å². The summed E-state index contributed by atoms with van der Waals surface area (Å²) in [7, 11) is -2.45. The van der Waals surface area contributed by atoms with Gasteiger partial charge < -0.3 is 35.1 Å². The fourth-order valence-electron chi connectivity index (χ4n) is 8.68. The van der Waals surface area contributed by atoms with Crippen molar-refractivity contribution in [1.82, 2.24) is 35.5 Å². The largest absolute Gasteiger partial charge is 0.497 e. The molecule has 1 saturated heterocycles. The first-order valence-corrected chi connectivity index (χ1v) is 23.8. The maximum atomic E-state index is 15.1. The van der Waals surface area contributed by atoms with Crippen LogP contribution in [0.25, 0.3) is 22.0 Å². The summed E-state index contributed by atoms with van der Waals surface area (Å²) in [4.78, 5) is 68.3. The zero-order chi connectivity index (χ0) is 46.4. The second-order valence-electron chi connectivity index (χ2n) is 19.7. The Morgan fingerprint density at radius 1 is 1.05 bits per heavy atom. The number of allylic oxidation sites excluding steroid dienone is 1. The van der Waals surface area contributed by atoms with Crippen LogP contribution in [0.15, 0.2) is 54.7 Å². The van der Waals surface area contributed by atoms with Gasteiger partial charge in [-0.2, -0.15) is 0 Å². The van der Waals surface area contributed by atoms with Gasteiger partial charge in [0, 0.05) is 41.1 Å². The van der Waals surface area contributed by atoms with Gasteiger partial charge in [-0.05, 0) is 128 Å². The molecule has 0 bridgehead atoms. The van der Waals surface area contributed by atoms with Crippen LogP contribution in [0, 0.1) is 17.8 Å². The third-order valence-electron chi connectivity index (χ3n) is 12.7. The number of amides is 5. The second kappa shape index (κ2) is 17.8. The number of methoxy groups -OCH3 is 1. The molecule has 5 amide bonds. The van der Waals surface area contributed by atoms with Crippen molar-refractivity contribution in [3.8, 4) is 28.8 Å². The number of aromatic nitrogens is 2. The van der Waals surface area contributed by atoms with Crippen LogP contribution in [0.5, 0.6) is 17.5 Å². The molecule has 4 heterocycles. The van der Waals surface area contributed by atoms with E-state index in [2.05, 4.69) is 32.6 Å². The number of hydrogen-bond donors (Lipinski definition) is 4. The van der Waals surface area contributed by atoms with E-state index >= 15 is 4.79 Å². The molecule has 0 unspecified atom stereocenters. The lowest BCUT2D eigenvalue weighted by Crippen LogP contribution is -2.60. The highest BCUT2D eigenvalue weighted by atomic mass is 32.2. The number of fused-ring (bicyclic) bond motifs is 3. The highest BCUT2D eigenvalue weighted by Crippen LogP contribution is 2.48. The van der Waals surface area contributed by atoms with Crippen LogP contribution in [0.3, 0.4) is 0 Å². The molecule has 346 valence electrons. The van der Waals surface area contributed by atoms with Gasteiger partial charge in [0.25, 0.3) is 5.91 Å². The summed E-state index contributed by atoms with van der Waals surface area (Å²) in [5.74, 6) is -1.26. The van der Waals surface area contributed by atoms with Gasteiger partial charge in [-0.15, -0.1) is 0 Å². The number of carbonyl (C=O) groups excluding carboxylic acids is 4. The van der Waals surface area contributed by atoms with E-state index in [1.807, 2.05) is 78.0 Å².